The van der Waals surface area contributed by atoms with Crippen LogP contribution in [-0.2, 0) is 0 Å². The minimum absolute atomic E-state index is 0.749. The SMILES string of the molecule is C/C=C\C=C(/N)c1cccc(-n2c3ccccc3c3c2ccc2cc4c5ccccc5c5ccccc5n4c23)c1. The van der Waals surface area contributed by atoms with Crippen LogP contribution in [0.25, 0.3) is 71.3 Å². The maximum atomic E-state index is 6.45. The van der Waals surface area contributed by atoms with Crippen molar-refractivity contribution in [3.05, 3.63) is 139 Å². The summed E-state index contributed by atoms with van der Waals surface area (Å²) in [4.78, 5) is 0. The van der Waals surface area contributed by atoms with Crippen LogP contribution in [0.5, 0.6) is 0 Å². The highest BCUT2D eigenvalue weighted by atomic mass is 15.0. The van der Waals surface area contributed by atoms with Crippen LogP contribution >= 0.6 is 0 Å². The van der Waals surface area contributed by atoms with Crippen LogP contribution in [0.3, 0.4) is 0 Å². The molecule has 8 aromatic rings. The minimum atomic E-state index is 0.749. The normalized spacial score (nSPS) is 12.8. The van der Waals surface area contributed by atoms with Crippen molar-refractivity contribution in [2.75, 3.05) is 0 Å². The van der Waals surface area contributed by atoms with Crippen molar-refractivity contribution >= 4 is 65.6 Å². The van der Waals surface area contributed by atoms with E-state index in [2.05, 4.69) is 124 Å². The fourth-order valence-corrected chi connectivity index (χ4v) is 6.43. The molecule has 0 aliphatic heterocycles. The average molecular weight is 514 g/mol. The summed E-state index contributed by atoms with van der Waals surface area (Å²) in [5.41, 5.74) is 15.4. The summed E-state index contributed by atoms with van der Waals surface area (Å²) in [7, 11) is 0. The van der Waals surface area contributed by atoms with E-state index in [-0.39, 0.29) is 0 Å². The van der Waals surface area contributed by atoms with E-state index in [0.717, 1.165) is 16.9 Å². The lowest BCUT2D eigenvalue weighted by Crippen LogP contribution is -1.99. The van der Waals surface area contributed by atoms with Gasteiger partial charge in [0.05, 0.1) is 27.6 Å². The van der Waals surface area contributed by atoms with Crippen molar-refractivity contribution in [2.24, 2.45) is 5.73 Å². The Morgan fingerprint density at radius 1 is 0.625 bits per heavy atom. The maximum Gasteiger partial charge on any atom is 0.0635 e. The Balaban J connectivity index is 1.55. The van der Waals surface area contributed by atoms with E-state index in [4.69, 9.17) is 5.73 Å². The molecule has 0 atom stereocenters. The van der Waals surface area contributed by atoms with Crippen LogP contribution in [-0.4, -0.2) is 8.97 Å². The van der Waals surface area contributed by atoms with Crippen LogP contribution in [0, 0.1) is 0 Å². The molecule has 40 heavy (non-hydrogen) atoms. The summed E-state index contributed by atoms with van der Waals surface area (Å²) in [5.74, 6) is 0. The molecule has 0 fully saturated rings. The van der Waals surface area contributed by atoms with Crippen molar-refractivity contribution in [3.8, 4) is 5.69 Å². The smallest absolute Gasteiger partial charge is 0.0635 e. The Labute approximate surface area is 231 Å². The van der Waals surface area contributed by atoms with Gasteiger partial charge < -0.3 is 14.7 Å². The Morgan fingerprint density at radius 2 is 1.32 bits per heavy atom. The zero-order valence-electron chi connectivity index (χ0n) is 22.2. The van der Waals surface area contributed by atoms with E-state index in [9.17, 15) is 0 Å². The molecule has 3 heteroatoms. The molecule has 0 unspecified atom stereocenters. The van der Waals surface area contributed by atoms with Crippen molar-refractivity contribution in [1.82, 2.24) is 8.97 Å². The zero-order valence-corrected chi connectivity index (χ0v) is 22.2. The number of hydrogen-bond donors (Lipinski definition) is 1. The fraction of sp³-hybridized carbons (Fsp3) is 0.0270. The molecule has 0 aliphatic carbocycles. The van der Waals surface area contributed by atoms with Crippen molar-refractivity contribution in [1.29, 1.82) is 0 Å². The molecule has 3 heterocycles. The Kier molecular flexibility index (Phi) is 4.89. The summed E-state index contributed by atoms with van der Waals surface area (Å²) >= 11 is 0. The van der Waals surface area contributed by atoms with Gasteiger partial charge in [-0.1, -0.05) is 91.0 Å². The first kappa shape index (κ1) is 22.7. The summed E-state index contributed by atoms with van der Waals surface area (Å²) < 4.78 is 4.85. The molecule has 0 amide bonds. The van der Waals surface area contributed by atoms with Crippen LogP contribution in [0.1, 0.15) is 12.5 Å². The monoisotopic (exact) mass is 513 g/mol. The average Bonchev–Trinajstić information content (AvgIpc) is 3.56. The molecular formula is C37H27N3. The third-order valence-electron chi connectivity index (χ3n) is 8.14. The van der Waals surface area contributed by atoms with Gasteiger partial charge in [-0.05, 0) is 60.3 Å². The van der Waals surface area contributed by atoms with Crippen LogP contribution in [0.2, 0.25) is 0 Å². The fourth-order valence-electron chi connectivity index (χ4n) is 6.43. The van der Waals surface area contributed by atoms with Gasteiger partial charge in [0.15, 0.2) is 0 Å². The molecule has 0 spiro atoms. The van der Waals surface area contributed by atoms with Gasteiger partial charge in [-0.3, -0.25) is 0 Å². The van der Waals surface area contributed by atoms with Crippen LogP contribution in [0.15, 0.2) is 133 Å². The van der Waals surface area contributed by atoms with E-state index in [1.54, 1.807) is 0 Å². The number of benzene rings is 5. The first-order chi connectivity index (χ1) is 19.7. The van der Waals surface area contributed by atoms with Gasteiger partial charge in [-0.15, -0.1) is 0 Å². The van der Waals surface area contributed by atoms with Gasteiger partial charge in [0.25, 0.3) is 0 Å². The number of pyridine rings is 1. The molecule has 8 rings (SSSR count). The molecule has 0 saturated carbocycles. The van der Waals surface area contributed by atoms with Crippen LogP contribution < -0.4 is 5.73 Å². The molecule has 0 saturated heterocycles. The predicted molar refractivity (Wildman–Crippen MR) is 171 cm³/mol. The molecule has 0 radical (unpaired) electrons. The highest BCUT2D eigenvalue weighted by Crippen LogP contribution is 2.41. The second-order valence-corrected chi connectivity index (χ2v) is 10.4. The molecule has 3 aromatic heterocycles. The summed E-state index contributed by atoms with van der Waals surface area (Å²) in [5, 5.41) is 7.56. The van der Waals surface area contributed by atoms with Gasteiger partial charge in [-0.2, -0.15) is 0 Å². The lowest BCUT2D eigenvalue weighted by molar-refractivity contribution is 1.18. The van der Waals surface area contributed by atoms with E-state index < -0.39 is 0 Å². The summed E-state index contributed by atoms with van der Waals surface area (Å²) in [6, 6.07) is 41.7. The van der Waals surface area contributed by atoms with E-state index in [1.807, 2.05) is 25.2 Å². The second-order valence-electron chi connectivity index (χ2n) is 10.4. The van der Waals surface area contributed by atoms with Gasteiger partial charge in [-0.25, -0.2) is 0 Å². The first-order valence-corrected chi connectivity index (χ1v) is 13.7. The third kappa shape index (κ3) is 3.12. The molecule has 0 bridgehead atoms. The highest BCUT2D eigenvalue weighted by molar-refractivity contribution is 6.24. The molecule has 190 valence electrons. The molecule has 0 aliphatic rings. The van der Waals surface area contributed by atoms with Gasteiger partial charge in [0.1, 0.15) is 0 Å². The number of nitrogens with zero attached hydrogens (tertiary/aromatic N) is 2. The number of hydrogen-bond acceptors (Lipinski definition) is 1. The van der Waals surface area contributed by atoms with Gasteiger partial charge in [0, 0.05) is 38.3 Å². The van der Waals surface area contributed by atoms with Gasteiger partial charge in [0.2, 0.25) is 0 Å². The number of aromatic nitrogens is 2. The molecule has 2 N–H and O–H groups in total. The maximum absolute atomic E-state index is 6.45. The lowest BCUT2D eigenvalue weighted by Gasteiger charge is -2.11. The molecular weight excluding hydrogens is 486 g/mol. The number of allylic oxidation sites excluding steroid dienone is 3. The van der Waals surface area contributed by atoms with Gasteiger partial charge >= 0.3 is 0 Å². The lowest BCUT2D eigenvalue weighted by atomic mass is 10.1. The topological polar surface area (TPSA) is 35.4 Å². The van der Waals surface area contributed by atoms with E-state index in [1.165, 1.54) is 59.9 Å². The van der Waals surface area contributed by atoms with E-state index >= 15 is 0 Å². The number of rotatable bonds is 3. The number of nitrogens with two attached hydrogens (primary N) is 1. The largest absolute Gasteiger partial charge is 0.398 e. The standard InChI is InChI=1S/C37H27N3/c1-2-3-17-31(38)24-11-10-12-26(22-24)39-33-19-9-7-16-30(33)36-34(39)21-20-25-23-35-29-15-5-4-13-27(29)28-14-6-8-18-32(28)40(35)37(25)36/h2-23H,38H2,1H3/b3-2-,31-17-. The first-order valence-electron chi connectivity index (χ1n) is 13.7. The summed E-state index contributed by atoms with van der Waals surface area (Å²) in [6.07, 6.45) is 5.92. The quantitative estimate of drug-likeness (QED) is 0.185. The molecule has 3 nitrogen and oxygen atoms in total. The van der Waals surface area contributed by atoms with E-state index in [0.29, 0.717) is 0 Å². The summed E-state index contributed by atoms with van der Waals surface area (Å²) in [6.45, 7) is 2.00. The van der Waals surface area contributed by atoms with Crippen molar-refractivity contribution in [3.63, 3.8) is 0 Å². The Hall–Kier alpha value is -5.28. The predicted octanol–water partition coefficient (Wildman–Crippen LogP) is 9.37. The zero-order chi connectivity index (χ0) is 26.8. The second kappa shape index (κ2) is 8.62. The van der Waals surface area contributed by atoms with Crippen molar-refractivity contribution in [2.45, 2.75) is 6.92 Å². The number of para-hydroxylation sites is 2. The minimum Gasteiger partial charge on any atom is -0.398 e. The Bertz CT molecular complexity index is 2340. The van der Waals surface area contributed by atoms with Crippen molar-refractivity contribution < 1.29 is 0 Å². The number of fused-ring (bicyclic) bond motifs is 12. The molecule has 5 aromatic carbocycles. The Morgan fingerprint density at radius 3 is 2.12 bits per heavy atom. The van der Waals surface area contributed by atoms with Crippen LogP contribution in [0.4, 0.5) is 0 Å². The highest BCUT2D eigenvalue weighted by Gasteiger charge is 2.19. The third-order valence-corrected chi connectivity index (χ3v) is 8.14.